The molecule has 0 saturated carbocycles. The van der Waals surface area contributed by atoms with Crippen molar-refractivity contribution >= 4 is 46.5 Å². The van der Waals surface area contributed by atoms with Crippen LogP contribution < -0.4 is 10.6 Å². The Morgan fingerprint density at radius 2 is 1.46 bits per heavy atom. The Kier molecular flexibility index (Phi) is 6.89. The summed E-state index contributed by atoms with van der Waals surface area (Å²) in [7, 11) is 0. The molecule has 0 spiro atoms. The van der Waals surface area contributed by atoms with Crippen LogP contribution in [-0.2, 0) is 14.3 Å². The zero-order chi connectivity index (χ0) is 20.8. The minimum Gasteiger partial charge on any atom is -0.451 e. The molecule has 0 fully saturated rings. The highest BCUT2D eigenvalue weighted by Crippen LogP contribution is 2.21. The predicted octanol–water partition coefficient (Wildman–Crippen LogP) is 3.69. The van der Waals surface area contributed by atoms with E-state index in [2.05, 4.69) is 10.6 Å². The fourth-order valence-electron chi connectivity index (χ4n) is 2.45. The molecule has 0 radical (unpaired) electrons. The Morgan fingerprint density at radius 3 is 1.96 bits per heavy atom. The van der Waals surface area contributed by atoms with E-state index in [1.54, 1.807) is 18.2 Å². The number of carbonyl (C=O) groups excluding carboxylic acids is 4. The molecule has 0 aliphatic rings. The van der Waals surface area contributed by atoms with E-state index in [9.17, 15) is 19.2 Å². The SMILES string of the molecule is CC(=O)Nc1cc(NC(C)=O)cc(C(=O)O[C@@H](C)C(=O)c2cccc(Cl)c2)c1. The molecule has 0 unspecified atom stereocenters. The van der Waals surface area contributed by atoms with E-state index in [4.69, 9.17) is 16.3 Å². The first-order valence-electron chi connectivity index (χ1n) is 8.36. The molecule has 0 heterocycles. The van der Waals surface area contributed by atoms with Gasteiger partial charge in [-0.3, -0.25) is 14.4 Å². The molecule has 1 atom stereocenters. The zero-order valence-electron chi connectivity index (χ0n) is 15.5. The number of halogens is 1. The van der Waals surface area contributed by atoms with E-state index in [0.717, 1.165) is 0 Å². The Morgan fingerprint density at radius 1 is 0.893 bits per heavy atom. The van der Waals surface area contributed by atoms with Gasteiger partial charge in [-0.25, -0.2) is 4.79 Å². The second-order valence-electron chi connectivity index (χ2n) is 6.08. The maximum absolute atomic E-state index is 12.5. The summed E-state index contributed by atoms with van der Waals surface area (Å²) in [5.41, 5.74) is 0.999. The van der Waals surface area contributed by atoms with Crippen molar-refractivity contribution in [2.75, 3.05) is 10.6 Å². The van der Waals surface area contributed by atoms with E-state index < -0.39 is 17.9 Å². The molecule has 7 nitrogen and oxygen atoms in total. The van der Waals surface area contributed by atoms with Crippen molar-refractivity contribution in [1.29, 1.82) is 0 Å². The summed E-state index contributed by atoms with van der Waals surface area (Å²) in [5, 5.41) is 5.48. The van der Waals surface area contributed by atoms with Crippen LogP contribution in [0.4, 0.5) is 11.4 Å². The highest BCUT2D eigenvalue weighted by molar-refractivity contribution is 6.31. The first-order chi connectivity index (χ1) is 13.2. The molecule has 0 saturated heterocycles. The summed E-state index contributed by atoms with van der Waals surface area (Å²) in [6.45, 7) is 4.08. The molecule has 2 rings (SSSR count). The molecular formula is C20H19ClN2O5. The smallest absolute Gasteiger partial charge is 0.338 e. The maximum atomic E-state index is 12.5. The van der Waals surface area contributed by atoms with Gasteiger partial charge in [0.2, 0.25) is 17.6 Å². The first kappa shape index (κ1) is 21.1. The van der Waals surface area contributed by atoms with Gasteiger partial charge in [-0.1, -0.05) is 23.7 Å². The number of nitrogens with one attached hydrogen (secondary N) is 2. The van der Waals surface area contributed by atoms with Gasteiger partial charge >= 0.3 is 5.97 Å². The van der Waals surface area contributed by atoms with Crippen molar-refractivity contribution < 1.29 is 23.9 Å². The van der Waals surface area contributed by atoms with Crippen LogP contribution in [0, 0.1) is 0 Å². The van der Waals surface area contributed by atoms with Crippen molar-refractivity contribution in [2.45, 2.75) is 26.9 Å². The van der Waals surface area contributed by atoms with Crippen molar-refractivity contribution in [2.24, 2.45) is 0 Å². The van der Waals surface area contributed by atoms with E-state index in [1.807, 2.05) is 0 Å². The lowest BCUT2D eigenvalue weighted by atomic mass is 10.1. The molecule has 0 aliphatic heterocycles. The second-order valence-corrected chi connectivity index (χ2v) is 6.52. The van der Waals surface area contributed by atoms with E-state index in [-0.39, 0.29) is 17.4 Å². The van der Waals surface area contributed by atoms with E-state index in [0.29, 0.717) is 22.0 Å². The van der Waals surface area contributed by atoms with Crippen LogP contribution in [0.25, 0.3) is 0 Å². The number of benzene rings is 2. The quantitative estimate of drug-likeness (QED) is 0.566. The van der Waals surface area contributed by atoms with Gasteiger partial charge in [0.25, 0.3) is 0 Å². The monoisotopic (exact) mass is 402 g/mol. The molecule has 2 amide bonds. The molecular weight excluding hydrogens is 384 g/mol. The van der Waals surface area contributed by atoms with Gasteiger partial charge in [0.15, 0.2) is 6.10 Å². The van der Waals surface area contributed by atoms with Gasteiger partial charge in [-0.15, -0.1) is 0 Å². The highest BCUT2D eigenvalue weighted by Gasteiger charge is 2.21. The number of hydrogen-bond acceptors (Lipinski definition) is 5. The number of esters is 1. The number of Topliss-reactive ketones (excluding diaryl/α,β-unsaturated/α-hetero) is 1. The topological polar surface area (TPSA) is 102 Å². The number of ketones is 1. The number of amides is 2. The number of rotatable bonds is 6. The van der Waals surface area contributed by atoms with Gasteiger partial charge in [-0.05, 0) is 37.3 Å². The molecule has 146 valence electrons. The number of ether oxygens (including phenoxy) is 1. The minimum atomic E-state index is -1.06. The molecule has 2 aromatic carbocycles. The zero-order valence-corrected chi connectivity index (χ0v) is 16.3. The molecule has 0 bridgehead atoms. The lowest BCUT2D eigenvalue weighted by Gasteiger charge is -2.14. The van der Waals surface area contributed by atoms with E-state index >= 15 is 0 Å². The van der Waals surface area contributed by atoms with Crippen LogP contribution in [0.5, 0.6) is 0 Å². The van der Waals surface area contributed by atoms with Crippen LogP contribution in [0.2, 0.25) is 5.02 Å². The fraction of sp³-hybridized carbons (Fsp3) is 0.200. The van der Waals surface area contributed by atoms with Crippen LogP contribution in [0.3, 0.4) is 0 Å². The molecule has 0 aromatic heterocycles. The predicted molar refractivity (Wildman–Crippen MR) is 106 cm³/mol. The molecule has 2 aromatic rings. The lowest BCUT2D eigenvalue weighted by Crippen LogP contribution is -2.24. The second kappa shape index (κ2) is 9.14. The number of carbonyl (C=O) groups is 4. The van der Waals surface area contributed by atoms with Crippen molar-refractivity contribution in [3.8, 4) is 0 Å². The van der Waals surface area contributed by atoms with E-state index in [1.165, 1.54) is 45.0 Å². The Labute approximate surface area is 167 Å². The van der Waals surface area contributed by atoms with Gasteiger partial charge in [0, 0.05) is 35.8 Å². The lowest BCUT2D eigenvalue weighted by molar-refractivity contribution is -0.115. The summed E-state index contributed by atoms with van der Waals surface area (Å²) in [4.78, 5) is 47.6. The average Bonchev–Trinajstić information content (AvgIpc) is 2.59. The Balaban J connectivity index is 2.22. The largest absolute Gasteiger partial charge is 0.451 e. The van der Waals surface area contributed by atoms with Gasteiger partial charge in [0.1, 0.15) is 0 Å². The third-order valence-corrected chi connectivity index (χ3v) is 3.81. The minimum absolute atomic E-state index is 0.0701. The van der Waals surface area contributed by atoms with Crippen molar-refractivity contribution in [3.05, 3.63) is 58.6 Å². The normalized spacial score (nSPS) is 11.3. The highest BCUT2D eigenvalue weighted by atomic mass is 35.5. The summed E-state index contributed by atoms with van der Waals surface area (Å²) >= 11 is 5.88. The molecule has 2 N–H and O–H groups in total. The maximum Gasteiger partial charge on any atom is 0.338 e. The summed E-state index contributed by atoms with van der Waals surface area (Å²) in [6, 6.07) is 10.6. The first-order valence-corrected chi connectivity index (χ1v) is 8.74. The van der Waals surface area contributed by atoms with Gasteiger partial charge < -0.3 is 15.4 Å². The fourth-order valence-corrected chi connectivity index (χ4v) is 2.65. The van der Waals surface area contributed by atoms with Crippen LogP contribution in [-0.4, -0.2) is 29.7 Å². The average molecular weight is 403 g/mol. The third-order valence-electron chi connectivity index (χ3n) is 3.57. The van der Waals surface area contributed by atoms with Crippen molar-refractivity contribution in [1.82, 2.24) is 0 Å². The molecule has 8 heteroatoms. The van der Waals surface area contributed by atoms with Crippen molar-refractivity contribution in [3.63, 3.8) is 0 Å². The Hall–Kier alpha value is -3.19. The summed E-state index contributed by atoms with van der Waals surface area (Å²) in [6.07, 6.45) is -1.06. The van der Waals surface area contributed by atoms with Crippen LogP contribution in [0.15, 0.2) is 42.5 Å². The van der Waals surface area contributed by atoms with Crippen LogP contribution in [0.1, 0.15) is 41.5 Å². The number of hydrogen-bond donors (Lipinski definition) is 2. The standard InChI is InChI=1S/C20H19ClN2O5/c1-11(19(26)14-5-4-6-16(21)7-14)28-20(27)15-8-17(22-12(2)24)10-18(9-15)23-13(3)25/h4-11H,1-3H3,(H,22,24)(H,23,25)/t11-/m0/s1. The third kappa shape index (κ3) is 5.92. The van der Waals surface area contributed by atoms with Gasteiger partial charge in [-0.2, -0.15) is 0 Å². The van der Waals surface area contributed by atoms with Crippen LogP contribution >= 0.6 is 11.6 Å². The number of anilines is 2. The molecule has 28 heavy (non-hydrogen) atoms. The summed E-state index contributed by atoms with van der Waals surface area (Å²) in [5.74, 6) is -1.87. The Bertz CT molecular complexity index is 908. The van der Waals surface area contributed by atoms with Gasteiger partial charge in [0.05, 0.1) is 5.56 Å². The summed E-state index contributed by atoms with van der Waals surface area (Å²) < 4.78 is 5.26. The molecule has 0 aliphatic carbocycles.